The number of methoxy groups -OCH3 is 2. The van der Waals surface area contributed by atoms with E-state index in [1.54, 1.807) is 14.2 Å². The van der Waals surface area contributed by atoms with Gasteiger partial charge in [-0.1, -0.05) is 0 Å². The molecular formula is C22H30N4O5. The van der Waals surface area contributed by atoms with Crippen molar-refractivity contribution in [1.29, 1.82) is 0 Å². The molecule has 0 saturated heterocycles. The van der Waals surface area contributed by atoms with Gasteiger partial charge in [0.05, 0.1) is 26.0 Å². The quantitative estimate of drug-likeness (QED) is 0.327. The Morgan fingerprint density at radius 3 is 2.48 bits per heavy atom. The van der Waals surface area contributed by atoms with Gasteiger partial charge in [-0.2, -0.15) is 5.10 Å². The molecule has 0 heterocycles. The Morgan fingerprint density at radius 1 is 1.13 bits per heavy atom. The molecule has 1 aromatic rings. The smallest absolute Gasteiger partial charge is 0.303 e. The van der Waals surface area contributed by atoms with Crippen LogP contribution in [0.5, 0.6) is 17.2 Å². The molecule has 3 rings (SSSR count). The van der Waals surface area contributed by atoms with Crippen molar-refractivity contribution >= 4 is 23.2 Å². The zero-order valence-corrected chi connectivity index (χ0v) is 18.2. The van der Waals surface area contributed by atoms with Crippen LogP contribution in [-0.4, -0.2) is 43.1 Å². The number of fused-ring (bicyclic) bond motifs is 2. The van der Waals surface area contributed by atoms with Crippen molar-refractivity contribution in [2.24, 2.45) is 21.7 Å². The first-order valence-corrected chi connectivity index (χ1v) is 10.4. The first-order chi connectivity index (χ1) is 14.8. The average Bonchev–Trinajstić information content (AvgIpc) is 3.15. The fourth-order valence-corrected chi connectivity index (χ4v) is 4.24. The summed E-state index contributed by atoms with van der Waals surface area (Å²) in [4.78, 5) is 10.9. The summed E-state index contributed by atoms with van der Waals surface area (Å²) in [5, 5.41) is 17.1. The first-order valence-electron chi connectivity index (χ1n) is 10.4. The molecule has 31 heavy (non-hydrogen) atoms. The van der Waals surface area contributed by atoms with Crippen LogP contribution in [0.25, 0.3) is 5.57 Å². The molecule has 0 aromatic heterocycles. The van der Waals surface area contributed by atoms with E-state index in [1.807, 2.05) is 13.0 Å². The average molecular weight is 431 g/mol. The van der Waals surface area contributed by atoms with Crippen molar-refractivity contribution in [2.45, 2.75) is 58.0 Å². The molecule has 0 fully saturated rings. The molecule has 0 saturated carbocycles. The zero-order valence-electron chi connectivity index (χ0n) is 18.2. The third-order valence-corrected chi connectivity index (χ3v) is 5.57. The maximum absolute atomic E-state index is 10.9. The van der Waals surface area contributed by atoms with E-state index in [2.05, 4.69) is 10.2 Å². The van der Waals surface area contributed by atoms with Crippen molar-refractivity contribution in [1.82, 2.24) is 0 Å². The fraction of sp³-hybridized carbons (Fsp3) is 0.500. The van der Waals surface area contributed by atoms with E-state index in [-0.39, 0.29) is 18.5 Å². The minimum Gasteiger partial charge on any atom is -0.492 e. The number of carboxylic acid groups (broad SMARTS) is 1. The SMILES string of the molecule is COc1c(OC(C)CCC(=O)O)cc2c(c1OC)C1=C(CCC1)/C(=N/N=C(N)N)CC2. The van der Waals surface area contributed by atoms with E-state index >= 15 is 0 Å². The third kappa shape index (κ3) is 4.92. The highest BCUT2D eigenvalue weighted by Crippen LogP contribution is 2.50. The predicted octanol–water partition coefficient (Wildman–Crippen LogP) is 2.85. The van der Waals surface area contributed by atoms with Gasteiger partial charge in [0.25, 0.3) is 0 Å². The molecule has 1 unspecified atom stereocenters. The number of allylic oxidation sites excluding steroid dienone is 2. The second-order valence-electron chi connectivity index (χ2n) is 7.72. The van der Waals surface area contributed by atoms with Crippen molar-refractivity contribution in [3.8, 4) is 17.2 Å². The Morgan fingerprint density at radius 2 is 1.84 bits per heavy atom. The number of ether oxygens (including phenoxy) is 3. The van der Waals surface area contributed by atoms with Crippen LogP contribution in [0.15, 0.2) is 21.8 Å². The summed E-state index contributed by atoms with van der Waals surface area (Å²) in [6.07, 6.45) is 4.35. The summed E-state index contributed by atoms with van der Waals surface area (Å²) >= 11 is 0. The number of nitrogens with two attached hydrogens (primary N) is 2. The van der Waals surface area contributed by atoms with E-state index in [0.717, 1.165) is 41.7 Å². The van der Waals surface area contributed by atoms with Crippen LogP contribution in [0.2, 0.25) is 0 Å². The zero-order chi connectivity index (χ0) is 22.5. The molecule has 0 aliphatic heterocycles. The Balaban J connectivity index is 2.07. The molecule has 9 nitrogen and oxygen atoms in total. The molecule has 2 aliphatic carbocycles. The second-order valence-corrected chi connectivity index (χ2v) is 7.72. The van der Waals surface area contributed by atoms with Crippen LogP contribution >= 0.6 is 0 Å². The second kappa shape index (κ2) is 9.72. The number of benzene rings is 1. The number of aliphatic carboxylic acids is 1. The van der Waals surface area contributed by atoms with Crippen molar-refractivity contribution in [3.05, 3.63) is 22.8 Å². The molecule has 1 atom stereocenters. The number of nitrogens with zero attached hydrogens (tertiary/aromatic N) is 2. The summed E-state index contributed by atoms with van der Waals surface area (Å²) in [6, 6.07) is 1.97. The standard InChI is InChI=1S/C22H30N4O5/c1-12(7-10-18(27)28)31-17-11-13-8-9-16(25-26-22(23)24)14-5-4-6-15(14)19(13)21(30-3)20(17)29-2/h11-12H,4-10H2,1-3H3,(H,27,28)(H4,23,24,26)/b25-16+. The molecule has 0 radical (unpaired) electrons. The summed E-state index contributed by atoms with van der Waals surface area (Å²) in [6.45, 7) is 1.85. The molecule has 0 spiro atoms. The summed E-state index contributed by atoms with van der Waals surface area (Å²) < 4.78 is 17.6. The van der Waals surface area contributed by atoms with Gasteiger partial charge < -0.3 is 30.8 Å². The number of guanidine groups is 1. The summed E-state index contributed by atoms with van der Waals surface area (Å²) in [5.41, 5.74) is 16.3. The van der Waals surface area contributed by atoms with E-state index in [0.29, 0.717) is 36.5 Å². The lowest BCUT2D eigenvalue weighted by atomic mass is 9.95. The summed E-state index contributed by atoms with van der Waals surface area (Å²) in [5.74, 6) is 0.750. The number of carbonyl (C=O) groups is 1. The van der Waals surface area contributed by atoms with Crippen molar-refractivity contribution < 1.29 is 24.1 Å². The van der Waals surface area contributed by atoms with Crippen LogP contribution in [0.1, 0.15) is 56.6 Å². The van der Waals surface area contributed by atoms with Gasteiger partial charge in [0.1, 0.15) is 0 Å². The Labute approximate surface area is 181 Å². The highest BCUT2D eigenvalue weighted by molar-refractivity contribution is 6.09. The third-order valence-electron chi connectivity index (χ3n) is 5.57. The van der Waals surface area contributed by atoms with E-state index < -0.39 is 5.97 Å². The first kappa shape index (κ1) is 22.5. The molecular weight excluding hydrogens is 400 g/mol. The van der Waals surface area contributed by atoms with Crippen LogP contribution in [0.3, 0.4) is 0 Å². The minimum absolute atomic E-state index is 0.0341. The number of aryl methyl sites for hydroxylation is 1. The van der Waals surface area contributed by atoms with Gasteiger partial charge in [-0.3, -0.25) is 4.79 Å². The molecule has 168 valence electrons. The minimum atomic E-state index is -0.852. The lowest BCUT2D eigenvalue weighted by molar-refractivity contribution is -0.137. The van der Waals surface area contributed by atoms with Gasteiger partial charge in [-0.15, -0.1) is 5.10 Å². The number of carboxylic acids is 1. The van der Waals surface area contributed by atoms with Gasteiger partial charge in [-0.05, 0) is 68.2 Å². The highest BCUT2D eigenvalue weighted by Gasteiger charge is 2.31. The molecule has 2 aliphatic rings. The van der Waals surface area contributed by atoms with Gasteiger partial charge in [0.15, 0.2) is 11.5 Å². The van der Waals surface area contributed by atoms with Gasteiger partial charge in [0, 0.05) is 12.0 Å². The van der Waals surface area contributed by atoms with Crippen LogP contribution in [0, 0.1) is 0 Å². The van der Waals surface area contributed by atoms with Crippen LogP contribution in [-0.2, 0) is 11.2 Å². The molecule has 0 amide bonds. The molecule has 9 heteroatoms. The Kier molecular flexibility index (Phi) is 7.04. The molecule has 0 bridgehead atoms. The largest absolute Gasteiger partial charge is 0.492 e. The number of hydrogen-bond acceptors (Lipinski definition) is 6. The van der Waals surface area contributed by atoms with Crippen LogP contribution < -0.4 is 25.7 Å². The van der Waals surface area contributed by atoms with Gasteiger partial charge in [0.2, 0.25) is 11.7 Å². The maximum atomic E-state index is 10.9. The summed E-state index contributed by atoms with van der Waals surface area (Å²) in [7, 11) is 3.19. The molecule has 5 N–H and O–H groups in total. The van der Waals surface area contributed by atoms with Gasteiger partial charge >= 0.3 is 5.97 Å². The lowest BCUT2D eigenvalue weighted by Gasteiger charge is -2.22. The van der Waals surface area contributed by atoms with Crippen LogP contribution in [0.4, 0.5) is 0 Å². The number of rotatable bonds is 8. The Bertz CT molecular complexity index is 948. The monoisotopic (exact) mass is 430 g/mol. The Hall–Kier alpha value is -3.23. The van der Waals surface area contributed by atoms with E-state index in [1.165, 1.54) is 5.57 Å². The lowest BCUT2D eigenvalue weighted by Crippen LogP contribution is -2.22. The topological polar surface area (TPSA) is 142 Å². The van der Waals surface area contributed by atoms with E-state index in [4.69, 9.17) is 30.8 Å². The number of hydrogen-bond donors (Lipinski definition) is 3. The molecule has 1 aromatic carbocycles. The van der Waals surface area contributed by atoms with Crippen molar-refractivity contribution in [2.75, 3.05) is 14.2 Å². The highest BCUT2D eigenvalue weighted by atomic mass is 16.5. The van der Waals surface area contributed by atoms with Gasteiger partial charge in [-0.25, -0.2) is 0 Å². The predicted molar refractivity (Wildman–Crippen MR) is 119 cm³/mol. The fourth-order valence-electron chi connectivity index (χ4n) is 4.24. The van der Waals surface area contributed by atoms with Crippen molar-refractivity contribution in [3.63, 3.8) is 0 Å². The maximum Gasteiger partial charge on any atom is 0.303 e. The van der Waals surface area contributed by atoms with E-state index in [9.17, 15) is 4.79 Å². The normalized spacial score (nSPS) is 17.5.